The van der Waals surface area contributed by atoms with Crippen molar-refractivity contribution < 1.29 is 23.9 Å². The van der Waals surface area contributed by atoms with Crippen molar-refractivity contribution in [3.05, 3.63) is 35.9 Å². The van der Waals surface area contributed by atoms with Crippen molar-refractivity contribution >= 4 is 19.4 Å². The van der Waals surface area contributed by atoms with Gasteiger partial charge in [0.25, 0.3) is 0 Å². The number of nitrogens with zero attached hydrogens (tertiary/aromatic N) is 1. The molecule has 0 unspecified atom stereocenters. The van der Waals surface area contributed by atoms with Crippen molar-refractivity contribution in [3.8, 4) is 0 Å². The fourth-order valence-corrected chi connectivity index (χ4v) is 4.43. The summed E-state index contributed by atoms with van der Waals surface area (Å²) in [7, 11) is -4.11. The minimum atomic E-state index is -4.11. The Morgan fingerprint density at radius 2 is 1.92 bits per heavy atom. The number of hydrogen-bond donors (Lipinski definition) is 3. The minimum absolute atomic E-state index is 0.0226. The molecule has 2 atom stereocenters. The van der Waals surface area contributed by atoms with Gasteiger partial charge >= 0.3 is 7.60 Å². The number of amides is 2. The zero-order valence-electron chi connectivity index (χ0n) is 14.1. The Bertz CT molecular complexity index is 646. The molecule has 138 valence electrons. The first-order valence-electron chi connectivity index (χ1n) is 8.41. The molecule has 0 radical (unpaired) electrons. The van der Waals surface area contributed by atoms with Gasteiger partial charge in [0.2, 0.25) is 11.8 Å². The molecule has 0 saturated carbocycles. The Labute approximate surface area is 147 Å². The van der Waals surface area contributed by atoms with E-state index in [9.17, 15) is 14.2 Å². The Morgan fingerprint density at radius 1 is 1.24 bits per heavy atom. The normalized spacial score (nSPS) is 21.1. The highest BCUT2D eigenvalue weighted by molar-refractivity contribution is 7.51. The van der Waals surface area contributed by atoms with E-state index in [-0.39, 0.29) is 30.4 Å². The third-order valence-electron chi connectivity index (χ3n) is 4.55. The van der Waals surface area contributed by atoms with Gasteiger partial charge in [-0.15, -0.1) is 0 Å². The van der Waals surface area contributed by atoms with Crippen LogP contribution in [0.25, 0.3) is 0 Å². The highest BCUT2D eigenvalue weighted by atomic mass is 31.2. The van der Waals surface area contributed by atoms with E-state index in [1.165, 1.54) is 0 Å². The van der Waals surface area contributed by atoms with Gasteiger partial charge in [0.1, 0.15) is 0 Å². The Hall–Kier alpha value is -1.69. The molecular formula is C17H25N2O5P. The number of carbonyl (C=O) groups excluding carboxylic acids is 2. The van der Waals surface area contributed by atoms with Crippen LogP contribution < -0.4 is 5.73 Å². The molecule has 1 aromatic carbocycles. The van der Waals surface area contributed by atoms with Gasteiger partial charge < -0.3 is 20.4 Å². The lowest BCUT2D eigenvalue weighted by Crippen LogP contribution is -2.48. The van der Waals surface area contributed by atoms with Gasteiger partial charge in [-0.1, -0.05) is 30.3 Å². The number of rotatable bonds is 7. The van der Waals surface area contributed by atoms with Crippen LogP contribution in [0.5, 0.6) is 0 Å². The Kier molecular flexibility index (Phi) is 6.76. The molecule has 1 aliphatic heterocycles. The first-order chi connectivity index (χ1) is 11.7. The molecule has 1 fully saturated rings. The van der Waals surface area contributed by atoms with Gasteiger partial charge in [-0.05, 0) is 30.7 Å². The van der Waals surface area contributed by atoms with E-state index < -0.39 is 13.5 Å². The van der Waals surface area contributed by atoms with Crippen LogP contribution in [0.2, 0.25) is 0 Å². The van der Waals surface area contributed by atoms with Crippen LogP contribution in [0.4, 0.5) is 0 Å². The average Bonchev–Trinajstić information content (AvgIpc) is 2.52. The van der Waals surface area contributed by atoms with Gasteiger partial charge in [0.05, 0.1) is 6.16 Å². The van der Waals surface area contributed by atoms with Crippen molar-refractivity contribution in [3.63, 3.8) is 0 Å². The molecule has 4 N–H and O–H groups in total. The number of likely N-dealkylation sites (tertiary alicyclic amines) is 1. The van der Waals surface area contributed by atoms with Gasteiger partial charge in [0.15, 0.2) is 0 Å². The predicted molar refractivity (Wildman–Crippen MR) is 93.7 cm³/mol. The van der Waals surface area contributed by atoms with Crippen LogP contribution in [0.3, 0.4) is 0 Å². The van der Waals surface area contributed by atoms with E-state index in [2.05, 4.69) is 0 Å². The maximum atomic E-state index is 12.6. The standard InChI is InChI=1S/C17H25N2O5P/c18-16(20)11-15-10-14(12-25(22,23)24)8-9-19(15)17(21)7-6-13-4-2-1-3-5-13/h1-5,14-15H,6-12H2,(H2,18,20)(H2,22,23,24)/t14-,15+/m0/s1. The van der Waals surface area contributed by atoms with E-state index in [0.717, 1.165) is 5.56 Å². The maximum Gasteiger partial charge on any atom is 0.325 e. The maximum absolute atomic E-state index is 12.6. The van der Waals surface area contributed by atoms with Crippen LogP contribution in [-0.4, -0.2) is 45.2 Å². The van der Waals surface area contributed by atoms with Crippen molar-refractivity contribution in [2.24, 2.45) is 11.7 Å². The van der Waals surface area contributed by atoms with Crippen molar-refractivity contribution in [2.75, 3.05) is 12.7 Å². The first-order valence-corrected chi connectivity index (χ1v) is 10.2. The molecule has 0 aliphatic carbocycles. The molecule has 1 saturated heterocycles. The van der Waals surface area contributed by atoms with Crippen molar-refractivity contribution in [2.45, 2.75) is 38.1 Å². The SMILES string of the molecule is NC(=O)C[C@H]1C[C@@H](CP(=O)(O)O)CCN1C(=O)CCc1ccccc1. The molecule has 0 spiro atoms. The third-order valence-corrected chi connectivity index (χ3v) is 5.54. The van der Waals surface area contributed by atoms with Crippen LogP contribution in [-0.2, 0) is 20.6 Å². The molecule has 7 nitrogen and oxygen atoms in total. The average molecular weight is 368 g/mol. The number of nitrogens with two attached hydrogens (primary N) is 1. The van der Waals surface area contributed by atoms with Crippen LogP contribution in [0.1, 0.15) is 31.2 Å². The van der Waals surface area contributed by atoms with E-state index in [1.54, 1.807) is 4.90 Å². The fraction of sp³-hybridized carbons (Fsp3) is 0.529. The number of aryl methyl sites for hydroxylation is 1. The number of hydrogen-bond acceptors (Lipinski definition) is 3. The quantitative estimate of drug-likeness (QED) is 0.626. The summed E-state index contributed by atoms with van der Waals surface area (Å²) >= 11 is 0. The molecule has 1 heterocycles. The molecule has 1 aliphatic rings. The molecule has 0 aromatic heterocycles. The van der Waals surface area contributed by atoms with Gasteiger partial charge in [-0.2, -0.15) is 0 Å². The highest BCUT2D eigenvalue weighted by Gasteiger charge is 2.34. The van der Waals surface area contributed by atoms with Crippen LogP contribution in [0.15, 0.2) is 30.3 Å². The first kappa shape index (κ1) is 19.6. The molecule has 0 bridgehead atoms. The lowest BCUT2D eigenvalue weighted by molar-refractivity contribution is -0.136. The van der Waals surface area contributed by atoms with E-state index in [0.29, 0.717) is 32.2 Å². The van der Waals surface area contributed by atoms with Gasteiger partial charge in [0, 0.05) is 25.4 Å². The molecule has 1 aromatic rings. The fourth-order valence-electron chi connectivity index (χ4n) is 3.43. The number of primary amides is 1. The largest absolute Gasteiger partial charge is 0.370 e. The summed E-state index contributed by atoms with van der Waals surface area (Å²) < 4.78 is 11.2. The summed E-state index contributed by atoms with van der Waals surface area (Å²) in [5.41, 5.74) is 6.36. The third kappa shape index (κ3) is 6.61. The Morgan fingerprint density at radius 3 is 2.52 bits per heavy atom. The molecule has 25 heavy (non-hydrogen) atoms. The zero-order valence-corrected chi connectivity index (χ0v) is 15.0. The predicted octanol–water partition coefficient (Wildman–Crippen LogP) is 1.28. The molecule has 2 rings (SSSR count). The Balaban J connectivity index is 1.98. The second-order valence-corrected chi connectivity index (χ2v) is 8.33. The number of piperidine rings is 1. The summed E-state index contributed by atoms with van der Waals surface area (Å²) in [6.07, 6.45) is 1.68. The van der Waals surface area contributed by atoms with Crippen molar-refractivity contribution in [1.29, 1.82) is 0 Å². The zero-order chi connectivity index (χ0) is 18.4. The van der Waals surface area contributed by atoms with Gasteiger partial charge in [-0.25, -0.2) is 0 Å². The van der Waals surface area contributed by atoms with Crippen molar-refractivity contribution in [1.82, 2.24) is 4.90 Å². The van der Waals surface area contributed by atoms with E-state index >= 15 is 0 Å². The topological polar surface area (TPSA) is 121 Å². The smallest absolute Gasteiger partial charge is 0.325 e. The second kappa shape index (κ2) is 8.61. The molecule has 8 heteroatoms. The van der Waals surface area contributed by atoms with E-state index in [4.69, 9.17) is 15.5 Å². The second-order valence-electron chi connectivity index (χ2n) is 6.63. The summed E-state index contributed by atoms with van der Waals surface area (Å²) in [6.45, 7) is 0.399. The molecular weight excluding hydrogens is 343 g/mol. The highest BCUT2D eigenvalue weighted by Crippen LogP contribution is 2.41. The monoisotopic (exact) mass is 368 g/mol. The summed E-state index contributed by atoms with van der Waals surface area (Å²) in [5, 5.41) is 0. The van der Waals surface area contributed by atoms with Gasteiger partial charge in [-0.3, -0.25) is 14.2 Å². The number of carbonyl (C=O) groups is 2. The molecule has 2 amide bonds. The number of benzene rings is 1. The summed E-state index contributed by atoms with van der Waals surface area (Å²) in [6, 6.07) is 9.29. The van der Waals surface area contributed by atoms with Crippen LogP contribution >= 0.6 is 7.60 Å². The van der Waals surface area contributed by atoms with Crippen LogP contribution in [0, 0.1) is 5.92 Å². The minimum Gasteiger partial charge on any atom is -0.370 e. The van der Waals surface area contributed by atoms with E-state index in [1.807, 2.05) is 30.3 Å². The lowest BCUT2D eigenvalue weighted by atomic mass is 9.90. The summed E-state index contributed by atoms with van der Waals surface area (Å²) in [5.74, 6) is -0.768. The summed E-state index contributed by atoms with van der Waals surface area (Å²) in [4.78, 5) is 43.9. The lowest BCUT2D eigenvalue weighted by Gasteiger charge is -2.39.